The fourth-order valence-corrected chi connectivity index (χ4v) is 2.70. The van der Waals surface area contributed by atoms with Gasteiger partial charge < -0.3 is 10.1 Å². The number of nitrogens with zero attached hydrogens (tertiary/aromatic N) is 2. The van der Waals surface area contributed by atoms with E-state index in [4.69, 9.17) is 4.74 Å². The minimum atomic E-state index is -4.34. The van der Waals surface area contributed by atoms with Gasteiger partial charge in [0.15, 0.2) is 0 Å². The van der Waals surface area contributed by atoms with Gasteiger partial charge in [-0.3, -0.25) is 9.48 Å². The summed E-state index contributed by atoms with van der Waals surface area (Å²) in [6, 6.07) is 0. The zero-order valence-electron chi connectivity index (χ0n) is 13.1. The second-order valence-corrected chi connectivity index (χ2v) is 5.82. The SMILES string of the molecule is CC[C@@H](OC1CCCCC1)C(=O)Nc1cnn(CC(F)(F)F)c1. The summed E-state index contributed by atoms with van der Waals surface area (Å²) in [5, 5.41) is 6.17. The van der Waals surface area contributed by atoms with Gasteiger partial charge in [0.25, 0.3) is 5.91 Å². The molecule has 0 aromatic carbocycles. The predicted octanol–water partition coefficient (Wildman–Crippen LogP) is 3.51. The zero-order valence-corrected chi connectivity index (χ0v) is 13.1. The summed E-state index contributed by atoms with van der Waals surface area (Å²) in [4.78, 5) is 12.2. The molecule has 1 fully saturated rings. The van der Waals surface area contributed by atoms with E-state index in [0.29, 0.717) is 6.42 Å². The van der Waals surface area contributed by atoms with Crippen molar-refractivity contribution in [3.05, 3.63) is 12.4 Å². The van der Waals surface area contributed by atoms with Crippen molar-refractivity contribution in [1.29, 1.82) is 0 Å². The van der Waals surface area contributed by atoms with Gasteiger partial charge in [0.1, 0.15) is 12.6 Å². The van der Waals surface area contributed by atoms with Gasteiger partial charge in [-0.1, -0.05) is 26.2 Å². The molecule has 1 aromatic rings. The minimum Gasteiger partial charge on any atom is -0.365 e. The van der Waals surface area contributed by atoms with Crippen LogP contribution in [0.3, 0.4) is 0 Å². The van der Waals surface area contributed by atoms with E-state index in [0.717, 1.165) is 30.4 Å². The molecule has 8 heteroatoms. The highest BCUT2D eigenvalue weighted by atomic mass is 19.4. The molecule has 0 aliphatic heterocycles. The summed E-state index contributed by atoms with van der Waals surface area (Å²) in [6.07, 6.45) is 3.34. The Balaban J connectivity index is 1.88. The van der Waals surface area contributed by atoms with E-state index in [1.807, 2.05) is 6.92 Å². The van der Waals surface area contributed by atoms with Gasteiger partial charge in [-0.15, -0.1) is 0 Å². The van der Waals surface area contributed by atoms with Crippen molar-refractivity contribution in [3.63, 3.8) is 0 Å². The van der Waals surface area contributed by atoms with Crippen LogP contribution in [0, 0.1) is 0 Å². The van der Waals surface area contributed by atoms with Crippen LogP contribution in [0.1, 0.15) is 45.4 Å². The molecule has 0 bridgehead atoms. The summed E-state index contributed by atoms with van der Waals surface area (Å²) < 4.78 is 43.5. The Labute approximate surface area is 133 Å². The number of aromatic nitrogens is 2. The highest BCUT2D eigenvalue weighted by molar-refractivity contribution is 5.93. The number of rotatable bonds is 6. The lowest BCUT2D eigenvalue weighted by Crippen LogP contribution is -2.34. The largest absolute Gasteiger partial charge is 0.408 e. The first-order valence-corrected chi connectivity index (χ1v) is 7.93. The van der Waals surface area contributed by atoms with Gasteiger partial charge in [0, 0.05) is 6.20 Å². The third-order valence-corrected chi connectivity index (χ3v) is 3.81. The normalized spacial score (nSPS) is 17.9. The number of carbonyl (C=O) groups is 1. The lowest BCUT2D eigenvalue weighted by Gasteiger charge is -2.26. The zero-order chi connectivity index (χ0) is 16.9. The molecule has 2 rings (SSSR count). The monoisotopic (exact) mass is 333 g/mol. The van der Waals surface area contributed by atoms with E-state index in [9.17, 15) is 18.0 Å². The quantitative estimate of drug-likeness (QED) is 0.867. The van der Waals surface area contributed by atoms with E-state index < -0.39 is 18.8 Å². The molecule has 0 saturated heterocycles. The number of carbonyl (C=O) groups excluding carboxylic acids is 1. The van der Waals surface area contributed by atoms with E-state index in [2.05, 4.69) is 10.4 Å². The number of amides is 1. The molecular formula is C15H22F3N3O2. The maximum Gasteiger partial charge on any atom is 0.408 e. The Kier molecular flexibility index (Phi) is 6.04. The number of nitrogens with one attached hydrogen (secondary N) is 1. The van der Waals surface area contributed by atoms with E-state index in [1.54, 1.807) is 0 Å². The second kappa shape index (κ2) is 7.81. The standard InChI is InChI=1S/C15H22F3N3O2/c1-2-13(23-12-6-4-3-5-7-12)14(22)20-11-8-19-21(9-11)10-15(16,17)18/h8-9,12-13H,2-7,10H2,1H3,(H,20,22)/t13-/m1/s1. The second-order valence-electron chi connectivity index (χ2n) is 5.82. The van der Waals surface area contributed by atoms with Crippen molar-refractivity contribution in [2.75, 3.05) is 5.32 Å². The van der Waals surface area contributed by atoms with Crippen LogP contribution in [-0.4, -0.2) is 34.1 Å². The maximum atomic E-state index is 12.3. The molecular weight excluding hydrogens is 311 g/mol. The summed E-state index contributed by atoms with van der Waals surface area (Å²) in [5.74, 6) is -0.343. The molecule has 1 aromatic heterocycles. The molecule has 0 radical (unpaired) electrons. The van der Waals surface area contributed by atoms with Crippen LogP contribution >= 0.6 is 0 Å². The molecule has 1 aliphatic rings. The van der Waals surface area contributed by atoms with Crippen molar-refractivity contribution in [2.45, 2.75) is 70.4 Å². The van der Waals surface area contributed by atoms with Crippen molar-refractivity contribution in [1.82, 2.24) is 9.78 Å². The van der Waals surface area contributed by atoms with Crippen molar-refractivity contribution in [3.8, 4) is 0 Å². The molecule has 1 aliphatic carbocycles. The molecule has 23 heavy (non-hydrogen) atoms. The molecule has 1 atom stereocenters. The average molecular weight is 333 g/mol. The highest BCUT2D eigenvalue weighted by Gasteiger charge is 2.29. The lowest BCUT2D eigenvalue weighted by molar-refractivity contribution is -0.142. The van der Waals surface area contributed by atoms with Crippen LogP contribution in [0.15, 0.2) is 12.4 Å². The number of ether oxygens (including phenoxy) is 1. The van der Waals surface area contributed by atoms with Crippen molar-refractivity contribution < 1.29 is 22.7 Å². The number of alkyl halides is 3. The van der Waals surface area contributed by atoms with Gasteiger partial charge in [-0.05, 0) is 19.3 Å². The van der Waals surface area contributed by atoms with Gasteiger partial charge in [0.2, 0.25) is 0 Å². The fourth-order valence-electron chi connectivity index (χ4n) is 2.70. The maximum absolute atomic E-state index is 12.3. The Morgan fingerprint density at radius 3 is 2.74 bits per heavy atom. The number of halogens is 3. The Morgan fingerprint density at radius 2 is 2.13 bits per heavy atom. The first-order chi connectivity index (χ1) is 10.9. The third kappa shape index (κ3) is 5.85. The summed E-state index contributed by atoms with van der Waals surface area (Å²) in [6.45, 7) is 0.665. The molecule has 0 unspecified atom stereocenters. The van der Waals surface area contributed by atoms with E-state index >= 15 is 0 Å². The number of hydrogen-bond acceptors (Lipinski definition) is 3. The Hall–Kier alpha value is -1.57. The number of hydrogen-bond donors (Lipinski definition) is 1. The summed E-state index contributed by atoms with van der Waals surface area (Å²) in [5.41, 5.74) is 0.241. The smallest absolute Gasteiger partial charge is 0.365 e. The molecule has 1 amide bonds. The average Bonchev–Trinajstić information content (AvgIpc) is 2.90. The van der Waals surface area contributed by atoms with Gasteiger partial charge >= 0.3 is 6.18 Å². The van der Waals surface area contributed by atoms with Gasteiger partial charge in [0.05, 0.1) is 18.0 Å². The Morgan fingerprint density at radius 1 is 1.43 bits per heavy atom. The first-order valence-electron chi connectivity index (χ1n) is 7.93. The summed E-state index contributed by atoms with van der Waals surface area (Å²) >= 11 is 0. The fraction of sp³-hybridized carbons (Fsp3) is 0.733. The topological polar surface area (TPSA) is 56.1 Å². The Bertz CT molecular complexity index is 510. The van der Waals surface area contributed by atoms with Crippen LogP contribution in [0.2, 0.25) is 0 Å². The van der Waals surface area contributed by atoms with E-state index in [1.165, 1.54) is 18.8 Å². The van der Waals surface area contributed by atoms with Crippen molar-refractivity contribution >= 4 is 11.6 Å². The highest BCUT2D eigenvalue weighted by Crippen LogP contribution is 2.23. The lowest BCUT2D eigenvalue weighted by atomic mass is 9.97. The van der Waals surface area contributed by atoms with Gasteiger partial charge in [-0.2, -0.15) is 18.3 Å². The van der Waals surface area contributed by atoms with Crippen LogP contribution < -0.4 is 5.32 Å². The molecule has 1 N–H and O–H groups in total. The van der Waals surface area contributed by atoms with Crippen LogP contribution in [0.25, 0.3) is 0 Å². The van der Waals surface area contributed by atoms with Crippen molar-refractivity contribution in [2.24, 2.45) is 0 Å². The predicted molar refractivity (Wildman–Crippen MR) is 78.9 cm³/mol. The van der Waals surface area contributed by atoms with Crippen LogP contribution in [0.4, 0.5) is 18.9 Å². The van der Waals surface area contributed by atoms with Crippen LogP contribution in [-0.2, 0) is 16.1 Å². The van der Waals surface area contributed by atoms with Gasteiger partial charge in [-0.25, -0.2) is 0 Å². The number of anilines is 1. The van der Waals surface area contributed by atoms with Crippen LogP contribution in [0.5, 0.6) is 0 Å². The van der Waals surface area contributed by atoms with E-state index in [-0.39, 0.29) is 17.7 Å². The molecule has 1 heterocycles. The first kappa shape index (κ1) is 17.8. The molecule has 130 valence electrons. The molecule has 0 spiro atoms. The molecule has 1 saturated carbocycles. The minimum absolute atomic E-state index is 0.0902. The third-order valence-electron chi connectivity index (χ3n) is 3.81. The summed E-state index contributed by atoms with van der Waals surface area (Å²) in [7, 11) is 0. The molecule has 5 nitrogen and oxygen atoms in total.